The molecule has 2 aromatic carbocycles. The van der Waals surface area contributed by atoms with E-state index >= 15 is 0 Å². The summed E-state index contributed by atoms with van der Waals surface area (Å²) in [7, 11) is 0. The van der Waals surface area contributed by atoms with Gasteiger partial charge >= 0.3 is 12.1 Å². The van der Waals surface area contributed by atoms with Gasteiger partial charge in [-0.3, -0.25) is 9.59 Å². The first-order valence-electron chi connectivity index (χ1n) is 11.6. The zero-order valence-corrected chi connectivity index (χ0v) is 18.8. The molecule has 174 valence electrons. The van der Waals surface area contributed by atoms with Crippen molar-refractivity contribution in [3.8, 4) is 11.1 Å². The molecule has 3 atom stereocenters. The molecule has 0 bridgehead atoms. The van der Waals surface area contributed by atoms with E-state index in [0.717, 1.165) is 41.5 Å². The van der Waals surface area contributed by atoms with Gasteiger partial charge in [-0.1, -0.05) is 61.9 Å². The molecule has 0 saturated heterocycles. The summed E-state index contributed by atoms with van der Waals surface area (Å²) in [6, 6.07) is 15.3. The molecule has 2 amide bonds. The van der Waals surface area contributed by atoms with Gasteiger partial charge in [-0.05, 0) is 47.4 Å². The average molecular weight is 451 g/mol. The molecule has 33 heavy (non-hydrogen) atoms. The fourth-order valence-corrected chi connectivity index (χ4v) is 5.11. The summed E-state index contributed by atoms with van der Waals surface area (Å²) in [6.45, 7) is 2.00. The number of nitrogens with one attached hydrogen (secondary N) is 2. The van der Waals surface area contributed by atoms with Gasteiger partial charge in [0.1, 0.15) is 12.6 Å². The van der Waals surface area contributed by atoms with Gasteiger partial charge < -0.3 is 20.5 Å². The zero-order chi connectivity index (χ0) is 23.4. The maximum atomic E-state index is 12.8. The Morgan fingerprint density at radius 3 is 2.27 bits per heavy atom. The van der Waals surface area contributed by atoms with Crippen molar-refractivity contribution in [2.24, 2.45) is 5.92 Å². The Morgan fingerprint density at radius 1 is 1.03 bits per heavy atom. The number of carbonyl (C=O) groups is 3. The molecule has 0 aliphatic heterocycles. The summed E-state index contributed by atoms with van der Waals surface area (Å²) >= 11 is 0. The molecule has 7 heteroatoms. The minimum Gasteiger partial charge on any atom is -0.481 e. The number of benzene rings is 2. The number of ether oxygens (including phenoxy) is 1. The number of amides is 2. The second kappa shape index (κ2) is 10.1. The third-order valence-corrected chi connectivity index (χ3v) is 6.78. The number of carboxylic acid groups (broad SMARTS) is 1. The van der Waals surface area contributed by atoms with E-state index < -0.39 is 18.1 Å². The Balaban J connectivity index is 1.34. The van der Waals surface area contributed by atoms with Crippen molar-refractivity contribution in [2.75, 3.05) is 6.61 Å². The van der Waals surface area contributed by atoms with Gasteiger partial charge in [0.2, 0.25) is 5.91 Å². The number of carbonyl (C=O) groups excluding carboxylic acids is 2. The first-order valence-corrected chi connectivity index (χ1v) is 11.6. The molecule has 2 aliphatic rings. The monoisotopic (exact) mass is 450 g/mol. The predicted molar refractivity (Wildman–Crippen MR) is 124 cm³/mol. The molecule has 2 aromatic rings. The van der Waals surface area contributed by atoms with E-state index in [1.165, 1.54) is 0 Å². The maximum absolute atomic E-state index is 12.8. The number of alkyl carbamates (subject to hydrolysis) is 1. The first-order chi connectivity index (χ1) is 16.0. The van der Waals surface area contributed by atoms with Gasteiger partial charge in [0.15, 0.2) is 0 Å². The first kappa shape index (κ1) is 22.8. The number of hydrogen-bond donors (Lipinski definition) is 3. The summed E-state index contributed by atoms with van der Waals surface area (Å²) in [4.78, 5) is 36.4. The average Bonchev–Trinajstić information content (AvgIpc) is 3.37. The van der Waals surface area contributed by atoms with E-state index in [-0.39, 0.29) is 36.8 Å². The van der Waals surface area contributed by atoms with Crippen LogP contribution in [0.2, 0.25) is 0 Å². The van der Waals surface area contributed by atoms with Crippen molar-refractivity contribution in [3.05, 3.63) is 59.7 Å². The highest BCUT2D eigenvalue weighted by atomic mass is 16.5. The van der Waals surface area contributed by atoms with Crippen LogP contribution in [0.25, 0.3) is 11.1 Å². The largest absolute Gasteiger partial charge is 0.481 e. The zero-order valence-electron chi connectivity index (χ0n) is 18.8. The molecule has 3 N–H and O–H groups in total. The molecule has 1 fully saturated rings. The lowest BCUT2D eigenvalue weighted by Gasteiger charge is -2.23. The number of rotatable bonds is 8. The summed E-state index contributed by atoms with van der Waals surface area (Å²) < 4.78 is 5.56. The van der Waals surface area contributed by atoms with E-state index in [2.05, 4.69) is 34.9 Å². The Hall–Kier alpha value is -3.35. The number of aliphatic carboxylic acids is 1. The summed E-state index contributed by atoms with van der Waals surface area (Å²) in [6.07, 6.45) is 2.25. The van der Waals surface area contributed by atoms with Crippen LogP contribution < -0.4 is 10.6 Å². The van der Waals surface area contributed by atoms with Crippen LogP contribution in [0.3, 0.4) is 0 Å². The van der Waals surface area contributed by atoms with E-state index in [9.17, 15) is 14.4 Å². The molecule has 1 saturated carbocycles. The van der Waals surface area contributed by atoms with Crippen LogP contribution in [0, 0.1) is 5.92 Å². The van der Waals surface area contributed by atoms with Gasteiger partial charge in [0, 0.05) is 12.0 Å². The van der Waals surface area contributed by atoms with Crippen LogP contribution >= 0.6 is 0 Å². The quantitative estimate of drug-likeness (QED) is 0.563. The topological polar surface area (TPSA) is 105 Å². The van der Waals surface area contributed by atoms with Crippen LogP contribution in [0.1, 0.15) is 56.1 Å². The van der Waals surface area contributed by atoms with Gasteiger partial charge in [-0.15, -0.1) is 0 Å². The van der Waals surface area contributed by atoms with E-state index in [1.807, 2.05) is 31.2 Å². The van der Waals surface area contributed by atoms with Crippen LogP contribution in [0.4, 0.5) is 4.79 Å². The summed E-state index contributed by atoms with van der Waals surface area (Å²) in [5.74, 6) is -1.27. The van der Waals surface area contributed by atoms with Gasteiger partial charge in [-0.25, -0.2) is 4.79 Å². The van der Waals surface area contributed by atoms with Crippen LogP contribution in [0.5, 0.6) is 0 Å². The Bertz CT molecular complexity index is 991. The van der Waals surface area contributed by atoms with Gasteiger partial charge in [0.25, 0.3) is 0 Å². The normalized spacial score (nSPS) is 19.9. The van der Waals surface area contributed by atoms with Crippen LogP contribution in [-0.2, 0) is 14.3 Å². The molecule has 0 heterocycles. The minimum atomic E-state index is -0.857. The Labute approximate surface area is 193 Å². The molecule has 0 radical (unpaired) electrons. The smallest absolute Gasteiger partial charge is 0.407 e. The molecule has 7 nitrogen and oxygen atoms in total. The SMILES string of the molecule is CC[C@H](NC(=O)OCC1c2ccccc2-c2ccccc21)C(=O)NC1CCCC1CC(=O)O. The van der Waals surface area contributed by atoms with Gasteiger partial charge in [0.05, 0.1) is 6.42 Å². The van der Waals surface area contributed by atoms with Crippen molar-refractivity contribution < 1.29 is 24.2 Å². The molecule has 4 rings (SSSR count). The van der Waals surface area contributed by atoms with Crippen molar-refractivity contribution in [2.45, 2.75) is 57.0 Å². The Kier molecular flexibility index (Phi) is 6.96. The number of carboxylic acids is 1. The van der Waals surface area contributed by atoms with E-state index in [1.54, 1.807) is 0 Å². The fraction of sp³-hybridized carbons (Fsp3) is 0.423. The summed E-state index contributed by atoms with van der Waals surface area (Å²) in [5.41, 5.74) is 4.56. The van der Waals surface area contributed by atoms with E-state index in [4.69, 9.17) is 9.84 Å². The Morgan fingerprint density at radius 2 is 1.67 bits per heavy atom. The lowest BCUT2D eigenvalue weighted by molar-refractivity contribution is -0.138. The third-order valence-electron chi connectivity index (χ3n) is 6.78. The summed E-state index contributed by atoms with van der Waals surface area (Å²) in [5, 5.41) is 14.7. The van der Waals surface area contributed by atoms with Crippen molar-refractivity contribution in [1.29, 1.82) is 0 Å². The van der Waals surface area contributed by atoms with Crippen LogP contribution in [-0.4, -0.2) is 41.8 Å². The fourth-order valence-electron chi connectivity index (χ4n) is 5.11. The van der Waals surface area contributed by atoms with Crippen molar-refractivity contribution in [3.63, 3.8) is 0 Å². The van der Waals surface area contributed by atoms with E-state index in [0.29, 0.717) is 6.42 Å². The second-order valence-electron chi connectivity index (χ2n) is 8.83. The molecule has 2 aliphatic carbocycles. The predicted octanol–water partition coefficient (Wildman–Crippen LogP) is 4.06. The highest BCUT2D eigenvalue weighted by Crippen LogP contribution is 2.44. The number of fused-ring (bicyclic) bond motifs is 3. The molecule has 2 unspecified atom stereocenters. The highest BCUT2D eigenvalue weighted by Gasteiger charge is 2.33. The molecular formula is C26H30N2O5. The maximum Gasteiger partial charge on any atom is 0.407 e. The lowest BCUT2D eigenvalue weighted by Crippen LogP contribution is -2.50. The lowest BCUT2D eigenvalue weighted by atomic mass is 9.98. The van der Waals surface area contributed by atoms with Crippen LogP contribution in [0.15, 0.2) is 48.5 Å². The molecule has 0 aromatic heterocycles. The van der Waals surface area contributed by atoms with Gasteiger partial charge in [-0.2, -0.15) is 0 Å². The minimum absolute atomic E-state index is 0.0432. The molecule has 0 spiro atoms. The van der Waals surface area contributed by atoms with Crippen molar-refractivity contribution in [1.82, 2.24) is 10.6 Å². The standard InChI is InChI=1S/C26H30N2O5/c1-2-22(25(31)27-23-13-7-8-16(23)14-24(29)30)28-26(32)33-15-21-19-11-5-3-9-17(19)18-10-4-6-12-20(18)21/h3-6,9-12,16,21-23H,2,7-8,13-15H2,1H3,(H,27,31)(H,28,32)(H,29,30)/t16?,22-,23?/m0/s1. The molecular weight excluding hydrogens is 420 g/mol. The highest BCUT2D eigenvalue weighted by molar-refractivity contribution is 5.86. The second-order valence-corrected chi connectivity index (χ2v) is 8.83. The van der Waals surface area contributed by atoms with Crippen molar-refractivity contribution >= 4 is 18.0 Å². The third kappa shape index (κ3) is 5.02. The number of hydrogen-bond acceptors (Lipinski definition) is 4.